The van der Waals surface area contributed by atoms with E-state index in [4.69, 9.17) is 0 Å². The van der Waals surface area contributed by atoms with Crippen LogP contribution in [0.1, 0.15) is 126 Å². The largest absolute Gasteiger partial charge is 0.299 e. The van der Waals surface area contributed by atoms with Crippen LogP contribution in [-0.2, 0) is 4.79 Å². The molecular formula is C30H52O. The van der Waals surface area contributed by atoms with Gasteiger partial charge in [-0.25, -0.2) is 0 Å². The minimum atomic E-state index is -0.173. The fourth-order valence-electron chi connectivity index (χ4n) is 9.47. The first-order chi connectivity index (χ1) is 14.5. The van der Waals surface area contributed by atoms with Gasteiger partial charge in [0.1, 0.15) is 5.78 Å². The zero-order chi connectivity index (χ0) is 22.6. The molecule has 4 rings (SSSR count). The van der Waals surface area contributed by atoms with Crippen LogP contribution < -0.4 is 0 Å². The third kappa shape index (κ3) is 3.86. The molecule has 0 N–H and O–H groups in total. The third-order valence-corrected chi connectivity index (χ3v) is 12.3. The average Bonchev–Trinajstić information content (AvgIpc) is 3.08. The van der Waals surface area contributed by atoms with Crippen molar-refractivity contribution in [2.75, 3.05) is 0 Å². The number of rotatable bonds is 6. The zero-order valence-corrected chi connectivity index (χ0v) is 21.9. The van der Waals surface area contributed by atoms with Gasteiger partial charge in [0.15, 0.2) is 0 Å². The molecule has 0 aromatic rings. The van der Waals surface area contributed by atoms with Crippen LogP contribution in [0.4, 0.5) is 0 Å². The van der Waals surface area contributed by atoms with E-state index < -0.39 is 0 Å². The molecule has 4 unspecified atom stereocenters. The summed E-state index contributed by atoms with van der Waals surface area (Å²) in [7, 11) is 0. The summed E-state index contributed by atoms with van der Waals surface area (Å²) in [6.07, 6.45) is 16.8. The van der Waals surface area contributed by atoms with Crippen molar-refractivity contribution in [3.05, 3.63) is 0 Å². The Bertz CT molecular complexity index is 661. The van der Waals surface area contributed by atoms with Crippen molar-refractivity contribution in [2.24, 2.45) is 57.7 Å². The summed E-state index contributed by atoms with van der Waals surface area (Å²) in [5.74, 6) is 6.44. The van der Waals surface area contributed by atoms with Gasteiger partial charge in [-0.3, -0.25) is 4.79 Å². The second-order valence-electron chi connectivity index (χ2n) is 13.9. The first-order valence-electron chi connectivity index (χ1n) is 14.0. The Morgan fingerprint density at radius 3 is 2.29 bits per heavy atom. The molecule has 0 heterocycles. The van der Waals surface area contributed by atoms with Crippen molar-refractivity contribution in [1.29, 1.82) is 0 Å². The average molecular weight is 429 g/mol. The van der Waals surface area contributed by atoms with E-state index in [-0.39, 0.29) is 5.41 Å². The maximum atomic E-state index is 12.9. The van der Waals surface area contributed by atoms with E-state index in [1.807, 2.05) is 0 Å². The van der Waals surface area contributed by atoms with E-state index in [9.17, 15) is 4.79 Å². The Morgan fingerprint density at radius 2 is 1.58 bits per heavy atom. The highest BCUT2D eigenvalue weighted by Crippen LogP contribution is 2.68. The van der Waals surface area contributed by atoms with Crippen LogP contribution in [0.15, 0.2) is 0 Å². The molecule has 0 saturated heterocycles. The van der Waals surface area contributed by atoms with Gasteiger partial charge in [-0.05, 0) is 110 Å². The molecule has 0 amide bonds. The van der Waals surface area contributed by atoms with Gasteiger partial charge in [-0.1, -0.05) is 61.3 Å². The van der Waals surface area contributed by atoms with Crippen LogP contribution in [0.2, 0.25) is 0 Å². The molecule has 0 spiro atoms. The van der Waals surface area contributed by atoms with Gasteiger partial charge in [-0.2, -0.15) is 0 Å². The Kier molecular flexibility index (Phi) is 6.50. The van der Waals surface area contributed by atoms with Crippen molar-refractivity contribution in [1.82, 2.24) is 0 Å². The summed E-state index contributed by atoms with van der Waals surface area (Å²) < 4.78 is 0. The lowest BCUT2D eigenvalue weighted by Crippen LogP contribution is -2.53. The zero-order valence-electron chi connectivity index (χ0n) is 21.9. The van der Waals surface area contributed by atoms with E-state index in [0.29, 0.717) is 28.4 Å². The maximum Gasteiger partial charge on any atom is 0.138 e. The summed E-state index contributed by atoms with van der Waals surface area (Å²) in [6.45, 7) is 16.6. The van der Waals surface area contributed by atoms with Gasteiger partial charge in [0, 0.05) is 11.8 Å². The molecule has 1 nitrogen and oxygen atoms in total. The molecule has 8 atom stereocenters. The predicted molar refractivity (Wildman–Crippen MR) is 132 cm³/mol. The fourth-order valence-corrected chi connectivity index (χ4v) is 9.47. The SMILES string of the molecule is CC(C)C(C)(C)C(=O)CC[C@@H](C)[C@H]1CCC2C3CCC4CCCC[C@]4(C)C3CC[C@@]21C. The Hall–Kier alpha value is -0.330. The van der Waals surface area contributed by atoms with Crippen LogP contribution in [0, 0.1) is 57.7 Å². The standard InChI is InChI=1S/C30H52O/c1-20(2)28(4,5)27(31)16-11-21(3)24-14-15-25-23-13-12-22-10-8-9-18-29(22,6)26(23)17-19-30(24,25)7/h20-26H,8-19H2,1-7H3/t21-,22?,23?,24-,25?,26?,29+,30-/m1/s1. The maximum absolute atomic E-state index is 12.9. The number of hydrogen-bond donors (Lipinski definition) is 0. The fraction of sp³-hybridized carbons (Fsp3) is 0.967. The van der Waals surface area contributed by atoms with Crippen LogP contribution in [-0.4, -0.2) is 5.78 Å². The molecule has 0 aromatic heterocycles. The lowest BCUT2D eigenvalue weighted by molar-refractivity contribution is -0.130. The second-order valence-corrected chi connectivity index (χ2v) is 13.9. The number of fused-ring (bicyclic) bond motifs is 5. The van der Waals surface area contributed by atoms with Crippen LogP contribution in [0.25, 0.3) is 0 Å². The van der Waals surface area contributed by atoms with E-state index in [2.05, 4.69) is 48.5 Å². The van der Waals surface area contributed by atoms with Crippen molar-refractivity contribution in [3.63, 3.8) is 0 Å². The molecule has 0 aliphatic heterocycles. The van der Waals surface area contributed by atoms with Gasteiger partial charge in [0.05, 0.1) is 0 Å². The minimum absolute atomic E-state index is 0.173. The third-order valence-electron chi connectivity index (χ3n) is 12.3. The Balaban J connectivity index is 1.43. The molecule has 4 aliphatic rings. The topological polar surface area (TPSA) is 17.1 Å². The number of ketones is 1. The van der Waals surface area contributed by atoms with Gasteiger partial charge < -0.3 is 0 Å². The second kappa shape index (κ2) is 8.47. The van der Waals surface area contributed by atoms with Crippen molar-refractivity contribution in [2.45, 2.75) is 126 Å². The van der Waals surface area contributed by atoms with Gasteiger partial charge in [0.25, 0.3) is 0 Å². The van der Waals surface area contributed by atoms with E-state index >= 15 is 0 Å². The summed E-state index contributed by atoms with van der Waals surface area (Å²) >= 11 is 0. The summed E-state index contributed by atoms with van der Waals surface area (Å²) in [6, 6.07) is 0. The summed E-state index contributed by atoms with van der Waals surface area (Å²) in [4.78, 5) is 12.9. The molecule has 1 heteroatoms. The number of Topliss-reactive ketones (excluding diaryl/α,β-unsaturated/α-hetero) is 1. The van der Waals surface area contributed by atoms with Gasteiger partial charge in [-0.15, -0.1) is 0 Å². The lowest BCUT2D eigenvalue weighted by atomic mass is 9.44. The molecule has 4 aliphatic carbocycles. The van der Waals surface area contributed by atoms with Crippen LogP contribution in [0.5, 0.6) is 0 Å². The molecule has 31 heavy (non-hydrogen) atoms. The molecule has 178 valence electrons. The molecule has 0 bridgehead atoms. The predicted octanol–water partition coefficient (Wildman–Crippen LogP) is 8.70. The molecule has 4 fully saturated rings. The van der Waals surface area contributed by atoms with E-state index in [1.165, 1.54) is 64.2 Å². The summed E-state index contributed by atoms with van der Waals surface area (Å²) in [5.41, 5.74) is 1.02. The van der Waals surface area contributed by atoms with Crippen molar-refractivity contribution >= 4 is 5.78 Å². The quantitative estimate of drug-likeness (QED) is 0.413. The summed E-state index contributed by atoms with van der Waals surface area (Å²) in [5, 5.41) is 0. The highest BCUT2D eigenvalue weighted by atomic mass is 16.1. The van der Waals surface area contributed by atoms with E-state index in [1.54, 1.807) is 0 Å². The Morgan fingerprint density at radius 1 is 0.871 bits per heavy atom. The molecule has 0 aromatic carbocycles. The first-order valence-corrected chi connectivity index (χ1v) is 14.0. The highest BCUT2D eigenvalue weighted by Gasteiger charge is 2.60. The lowest BCUT2D eigenvalue weighted by Gasteiger charge is -2.61. The normalized spacial score (nSPS) is 43.8. The van der Waals surface area contributed by atoms with Crippen molar-refractivity contribution in [3.8, 4) is 0 Å². The molecular weight excluding hydrogens is 376 g/mol. The monoisotopic (exact) mass is 428 g/mol. The number of hydrogen-bond acceptors (Lipinski definition) is 1. The van der Waals surface area contributed by atoms with Crippen LogP contribution in [0.3, 0.4) is 0 Å². The van der Waals surface area contributed by atoms with Gasteiger partial charge >= 0.3 is 0 Å². The number of carbonyl (C=O) groups excluding carboxylic acids is 1. The smallest absolute Gasteiger partial charge is 0.138 e. The number of carbonyl (C=O) groups is 1. The van der Waals surface area contributed by atoms with Crippen molar-refractivity contribution < 1.29 is 4.79 Å². The molecule has 0 radical (unpaired) electrons. The van der Waals surface area contributed by atoms with Crippen LogP contribution >= 0.6 is 0 Å². The minimum Gasteiger partial charge on any atom is -0.299 e. The van der Waals surface area contributed by atoms with Gasteiger partial charge in [0.2, 0.25) is 0 Å². The molecule has 4 saturated carbocycles. The highest BCUT2D eigenvalue weighted by molar-refractivity contribution is 5.84. The van der Waals surface area contributed by atoms with E-state index in [0.717, 1.165) is 42.4 Å². The Labute approximate surface area is 193 Å². The first kappa shape index (κ1) is 23.8.